The second-order valence-corrected chi connectivity index (χ2v) is 7.28. The molecule has 7 rings (SSSR count). The topological polar surface area (TPSA) is 44.1 Å². The van der Waals surface area contributed by atoms with Crippen molar-refractivity contribution in [2.24, 2.45) is 0 Å². The lowest BCUT2D eigenvalue weighted by Gasteiger charge is -2.01. The van der Waals surface area contributed by atoms with Gasteiger partial charge in [0.2, 0.25) is 0 Å². The molecule has 0 saturated carbocycles. The van der Waals surface area contributed by atoms with Gasteiger partial charge in [0.25, 0.3) is 0 Å². The monoisotopic (exact) mass is 374 g/mol. The predicted molar refractivity (Wildman–Crippen MR) is 116 cm³/mol. The molecule has 4 heteroatoms. The van der Waals surface area contributed by atoms with Crippen molar-refractivity contribution in [3.05, 3.63) is 84.9 Å². The van der Waals surface area contributed by atoms with Crippen molar-refractivity contribution in [1.82, 2.24) is 9.55 Å². The molecule has 0 radical (unpaired) electrons. The molecule has 0 fully saturated rings. The molecular formula is C25H14N2O2. The average Bonchev–Trinajstić information content (AvgIpc) is 3.43. The van der Waals surface area contributed by atoms with Crippen LogP contribution in [0, 0.1) is 0 Å². The second-order valence-electron chi connectivity index (χ2n) is 7.28. The Kier molecular flexibility index (Phi) is 2.71. The summed E-state index contributed by atoms with van der Waals surface area (Å²) in [7, 11) is 0. The second kappa shape index (κ2) is 5.26. The van der Waals surface area contributed by atoms with Gasteiger partial charge in [-0.2, -0.15) is 4.98 Å². The van der Waals surface area contributed by atoms with Crippen LogP contribution in [-0.4, -0.2) is 9.55 Å². The van der Waals surface area contributed by atoms with E-state index in [0.717, 1.165) is 54.8 Å². The summed E-state index contributed by atoms with van der Waals surface area (Å²) in [4.78, 5) is 4.76. The predicted octanol–water partition coefficient (Wildman–Crippen LogP) is 6.82. The number of aromatic nitrogens is 2. The molecule has 0 spiro atoms. The first kappa shape index (κ1) is 14.9. The lowest BCUT2D eigenvalue weighted by molar-refractivity contribution is 0.574. The molecule has 0 amide bonds. The van der Waals surface area contributed by atoms with Gasteiger partial charge in [-0.05, 0) is 36.4 Å². The molecule has 0 unspecified atom stereocenters. The fraction of sp³-hybridized carbons (Fsp3) is 0. The molecule has 0 aliphatic rings. The zero-order valence-electron chi connectivity index (χ0n) is 15.3. The van der Waals surface area contributed by atoms with E-state index in [1.165, 1.54) is 0 Å². The van der Waals surface area contributed by atoms with Crippen LogP contribution in [-0.2, 0) is 0 Å². The Bertz CT molecular complexity index is 1680. The van der Waals surface area contributed by atoms with Gasteiger partial charge in [0.05, 0.1) is 11.0 Å². The molecule has 0 N–H and O–H groups in total. The Labute approximate surface area is 164 Å². The number of hydrogen-bond acceptors (Lipinski definition) is 3. The summed E-state index contributed by atoms with van der Waals surface area (Å²) in [5.74, 6) is 0. The first-order chi connectivity index (χ1) is 14.4. The van der Waals surface area contributed by atoms with Crippen molar-refractivity contribution in [3.8, 4) is 6.01 Å². The third kappa shape index (κ3) is 1.95. The highest BCUT2D eigenvalue weighted by Gasteiger charge is 2.18. The van der Waals surface area contributed by atoms with Gasteiger partial charge < -0.3 is 8.83 Å². The molecule has 0 saturated heterocycles. The van der Waals surface area contributed by atoms with Gasteiger partial charge >= 0.3 is 6.01 Å². The normalized spacial score (nSPS) is 12.1. The van der Waals surface area contributed by atoms with Crippen LogP contribution in [0.2, 0.25) is 0 Å². The number of fused-ring (bicyclic) bond motifs is 7. The van der Waals surface area contributed by atoms with E-state index in [4.69, 9.17) is 13.8 Å². The lowest BCUT2D eigenvalue weighted by Crippen LogP contribution is -1.93. The minimum atomic E-state index is 0.574. The van der Waals surface area contributed by atoms with E-state index in [2.05, 4.69) is 41.0 Å². The Hall–Kier alpha value is -4.05. The van der Waals surface area contributed by atoms with Gasteiger partial charge in [-0.15, -0.1) is 0 Å². The van der Waals surface area contributed by atoms with E-state index in [1.807, 2.05) is 48.5 Å². The minimum Gasteiger partial charge on any atom is -0.456 e. The Balaban J connectivity index is 1.68. The quantitative estimate of drug-likeness (QED) is 0.316. The average molecular weight is 374 g/mol. The smallest absolute Gasteiger partial charge is 0.307 e. The third-order valence-electron chi connectivity index (χ3n) is 5.64. The number of hydrogen-bond donors (Lipinski definition) is 0. The van der Waals surface area contributed by atoms with E-state index < -0.39 is 0 Å². The Morgan fingerprint density at radius 2 is 1.31 bits per heavy atom. The number of para-hydroxylation sites is 4. The molecule has 29 heavy (non-hydrogen) atoms. The zero-order chi connectivity index (χ0) is 18.9. The van der Waals surface area contributed by atoms with Crippen LogP contribution in [0.3, 0.4) is 0 Å². The van der Waals surface area contributed by atoms with E-state index in [-0.39, 0.29) is 0 Å². The Morgan fingerprint density at radius 3 is 2.21 bits per heavy atom. The standard InChI is InChI=1S/C25H14N2O2/c1-4-10-20-15(7-1)17-14-24-18(16-8-2-5-11-22(16)28-24)13-21(17)27(20)25-26-19-9-3-6-12-23(19)29-25/h1-14H. The van der Waals surface area contributed by atoms with Gasteiger partial charge in [-0.3, -0.25) is 4.57 Å². The van der Waals surface area contributed by atoms with E-state index >= 15 is 0 Å². The first-order valence-corrected chi connectivity index (χ1v) is 9.57. The summed E-state index contributed by atoms with van der Waals surface area (Å²) < 4.78 is 14.4. The lowest BCUT2D eigenvalue weighted by atomic mass is 10.1. The van der Waals surface area contributed by atoms with Crippen molar-refractivity contribution >= 4 is 54.8 Å². The van der Waals surface area contributed by atoms with Crippen LogP contribution < -0.4 is 0 Å². The van der Waals surface area contributed by atoms with Crippen molar-refractivity contribution < 1.29 is 8.83 Å². The molecule has 136 valence electrons. The summed E-state index contributed by atoms with van der Waals surface area (Å²) in [5.41, 5.74) is 5.53. The van der Waals surface area contributed by atoms with Crippen LogP contribution in [0.5, 0.6) is 0 Å². The maximum atomic E-state index is 6.14. The van der Waals surface area contributed by atoms with Crippen LogP contribution >= 0.6 is 0 Å². The number of nitrogens with zero attached hydrogens (tertiary/aromatic N) is 2. The van der Waals surface area contributed by atoms with Crippen molar-refractivity contribution in [1.29, 1.82) is 0 Å². The van der Waals surface area contributed by atoms with Crippen molar-refractivity contribution in [3.63, 3.8) is 0 Å². The molecule has 3 heterocycles. The van der Waals surface area contributed by atoms with E-state index in [9.17, 15) is 0 Å². The summed E-state index contributed by atoms with van der Waals surface area (Å²) in [5, 5.41) is 4.47. The number of rotatable bonds is 1. The molecule has 0 bridgehead atoms. The summed E-state index contributed by atoms with van der Waals surface area (Å²) in [6.07, 6.45) is 0. The molecule has 0 aliphatic carbocycles. The Morgan fingerprint density at radius 1 is 0.552 bits per heavy atom. The largest absolute Gasteiger partial charge is 0.456 e. The van der Waals surface area contributed by atoms with Gasteiger partial charge in [0, 0.05) is 21.5 Å². The first-order valence-electron chi connectivity index (χ1n) is 9.57. The van der Waals surface area contributed by atoms with Gasteiger partial charge in [-0.25, -0.2) is 0 Å². The molecule has 3 aromatic heterocycles. The summed E-state index contributed by atoms with van der Waals surface area (Å²) in [6, 6.07) is 29.2. The zero-order valence-corrected chi connectivity index (χ0v) is 15.3. The fourth-order valence-electron chi connectivity index (χ4n) is 4.35. The fourth-order valence-corrected chi connectivity index (χ4v) is 4.35. The van der Waals surface area contributed by atoms with E-state index in [1.54, 1.807) is 0 Å². The number of benzene rings is 4. The highest BCUT2D eigenvalue weighted by atomic mass is 16.4. The number of furan rings is 1. The molecule has 4 aromatic carbocycles. The van der Waals surface area contributed by atoms with Crippen LogP contribution in [0.4, 0.5) is 0 Å². The summed E-state index contributed by atoms with van der Waals surface area (Å²) >= 11 is 0. The maximum absolute atomic E-state index is 6.14. The molecule has 0 aliphatic heterocycles. The minimum absolute atomic E-state index is 0.574. The third-order valence-corrected chi connectivity index (χ3v) is 5.64. The van der Waals surface area contributed by atoms with Gasteiger partial charge in [-0.1, -0.05) is 48.5 Å². The van der Waals surface area contributed by atoms with Gasteiger partial charge in [0.1, 0.15) is 16.7 Å². The molecule has 0 atom stereocenters. The molecular weight excluding hydrogens is 360 g/mol. The van der Waals surface area contributed by atoms with E-state index in [0.29, 0.717) is 6.01 Å². The van der Waals surface area contributed by atoms with Gasteiger partial charge in [0.15, 0.2) is 5.58 Å². The van der Waals surface area contributed by atoms with Crippen molar-refractivity contribution in [2.75, 3.05) is 0 Å². The number of oxazole rings is 1. The highest BCUT2D eigenvalue weighted by molar-refractivity contribution is 6.16. The van der Waals surface area contributed by atoms with Crippen LogP contribution in [0.15, 0.2) is 93.8 Å². The van der Waals surface area contributed by atoms with Crippen LogP contribution in [0.1, 0.15) is 0 Å². The molecule has 7 aromatic rings. The van der Waals surface area contributed by atoms with Crippen LogP contribution in [0.25, 0.3) is 60.9 Å². The highest BCUT2D eigenvalue weighted by Crippen LogP contribution is 2.38. The van der Waals surface area contributed by atoms with Crippen molar-refractivity contribution in [2.45, 2.75) is 0 Å². The molecule has 4 nitrogen and oxygen atoms in total. The summed E-state index contributed by atoms with van der Waals surface area (Å²) in [6.45, 7) is 0. The maximum Gasteiger partial charge on any atom is 0.307 e. The SMILES string of the molecule is c1ccc2oc(-n3c4ccccc4c4cc5oc6ccccc6c5cc43)nc2c1.